The maximum Gasteiger partial charge on any atom is 0.181 e. The lowest BCUT2D eigenvalue weighted by Gasteiger charge is -1.97. The van der Waals surface area contributed by atoms with E-state index in [0.717, 1.165) is 5.56 Å². The molecule has 70 valence electrons. The summed E-state index contributed by atoms with van der Waals surface area (Å²) in [5.74, 6) is 0.533. The van der Waals surface area contributed by atoms with Gasteiger partial charge in [-0.1, -0.05) is 23.2 Å². The van der Waals surface area contributed by atoms with Crippen LogP contribution in [0.5, 0.6) is 0 Å². The molecule has 0 aliphatic carbocycles. The van der Waals surface area contributed by atoms with Gasteiger partial charge in [-0.2, -0.15) is 0 Å². The van der Waals surface area contributed by atoms with Gasteiger partial charge in [-0.15, -0.1) is 10.2 Å². The van der Waals surface area contributed by atoms with Gasteiger partial charge in [0, 0.05) is 10.6 Å². The maximum absolute atomic E-state index is 5.75. The Labute approximate surface area is 90.7 Å². The summed E-state index contributed by atoms with van der Waals surface area (Å²) >= 11 is 11.3. The molecular formula is C9H5Cl2N3. The van der Waals surface area contributed by atoms with Crippen molar-refractivity contribution in [3.8, 4) is 11.4 Å². The van der Waals surface area contributed by atoms with Crippen molar-refractivity contribution in [1.82, 2.24) is 15.2 Å². The molecule has 0 atom stereocenters. The number of rotatable bonds is 1. The van der Waals surface area contributed by atoms with Crippen LogP contribution in [0.4, 0.5) is 0 Å². The van der Waals surface area contributed by atoms with Gasteiger partial charge in [0.15, 0.2) is 11.0 Å². The topological polar surface area (TPSA) is 38.7 Å². The van der Waals surface area contributed by atoms with E-state index < -0.39 is 0 Å². The van der Waals surface area contributed by atoms with Gasteiger partial charge in [-0.3, -0.25) is 0 Å². The Bertz CT molecular complexity index is 381. The first-order valence-corrected chi connectivity index (χ1v) is 4.62. The van der Waals surface area contributed by atoms with Gasteiger partial charge in [0.2, 0.25) is 0 Å². The second-order valence-electron chi connectivity index (χ2n) is 2.61. The highest BCUT2D eigenvalue weighted by Crippen LogP contribution is 2.17. The molecule has 1 heterocycles. The fourth-order valence-electron chi connectivity index (χ4n) is 0.992. The highest BCUT2D eigenvalue weighted by Gasteiger charge is 2.00. The molecule has 0 radical (unpaired) electrons. The standard InChI is InChI=1S/C9H5Cl2N3/c10-7-3-1-6(2-4-7)9-12-5-8(11)13-14-9/h1-5H. The minimum atomic E-state index is 0.280. The molecule has 0 aliphatic rings. The zero-order valence-electron chi connectivity index (χ0n) is 6.98. The molecule has 3 nitrogen and oxygen atoms in total. The number of hydrogen-bond donors (Lipinski definition) is 0. The summed E-state index contributed by atoms with van der Waals surface area (Å²) in [6.07, 6.45) is 1.46. The Morgan fingerprint density at radius 1 is 0.929 bits per heavy atom. The van der Waals surface area contributed by atoms with Crippen molar-refractivity contribution >= 4 is 23.2 Å². The van der Waals surface area contributed by atoms with Gasteiger partial charge < -0.3 is 0 Å². The van der Waals surface area contributed by atoms with Crippen LogP contribution in [0.15, 0.2) is 30.5 Å². The van der Waals surface area contributed by atoms with E-state index in [4.69, 9.17) is 23.2 Å². The monoisotopic (exact) mass is 225 g/mol. The molecule has 5 heteroatoms. The second-order valence-corrected chi connectivity index (χ2v) is 3.44. The van der Waals surface area contributed by atoms with Crippen molar-refractivity contribution in [2.45, 2.75) is 0 Å². The van der Waals surface area contributed by atoms with Crippen LogP contribution < -0.4 is 0 Å². The molecule has 0 unspecified atom stereocenters. The highest BCUT2D eigenvalue weighted by atomic mass is 35.5. The summed E-state index contributed by atoms with van der Waals surface area (Å²) in [5, 5.41) is 8.50. The normalized spacial score (nSPS) is 10.1. The summed E-state index contributed by atoms with van der Waals surface area (Å²) in [7, 11) is 0. The molecule has 1 aromatic heterocycles. The molecule has 2 aromatic rings. The van der Waals surface area contributed by atoms with Crippen LogP contribution in [-0.2, 0) is 0 Å². The Balaban J connectivity index is 2.40. The molecule has 0 aliphatic heterocycles. The lowest BCUT2D eigenvalue weighted by atomic mass is 10.2. The molecule has 0 amide bonds. The van der Waals surface area contributed by atoms with Gasteiger partial charge in [0.25, 0.3) is 0 Å². The fourth-order valence-corrected chi connectivity index (χ4v) is 1.20. The minimum Gasteiger partial charge on any atom is -0.232 e. The molecule has 0 saturated carbocycles. The highest BCUT2D eigenvalue weighted by molar-refractivity contribution is 6.30. The minimum absolute atomic E-state index is 0.280. The molecule has 2 rings (SSSR count). The third-order valence-electron chi connectivity index (χ3n) is 1.64. The zero-order chi connectivity index (χ0) is 9.97. The van der Waals surface area contributed by atoms with Crippen LogP contribution in [0.25, 0.3) is 11.4 Å². The van der Waals surface area contributed by atoms with Crippen molar-refractivity contribution in [3.05, 3.63) is 40.6 Å². The summed E-state index contributed by atoms with van der Waals surface area (Å²) < 4.78 is 0. The number of hydrogen-bond acceptors (Lipinski definition) is 3. The van der Waals surface area contributed by atoms with E-state index in [-0.39, 0.29) is 5.15 Å². The summed E-state index contributed by atoms with van der Waals surface area (Å²) in [6.45, 7) is 0. The predicted molar refractivity (Wildman–Crippen MR) is 55.3 cm³/mol. The first-order valence-electron chi connectivity index (χ1n) is 3.87. The molecule has 1 aromatic carbocycles. The third-order valence-corrected chi connectivity index (χ3v) is 2.06. The van der Waals surface area contributed by atoms with E-state index in [1.807, 2.05) is 12.1 Å². The quantitative estimate of drug-likeness (QED) is 0.750. The van der Waals surface area contributed by atoms with E-state index in [1.165, 1.54) is 6.20 Å². The summed E-state index contributed by atoms with van der Waals surface area (Å²) in [5.41, 5.74) is 0.860. The largest absolute Gasteiger partial charge is 0.232 e. The Kier molecular flexibility index (Phi) is 2.61. The second kappa shape index (κ2) is 3.90. The molecule has 14 heavy (non-hydrogen) atoms. The molecule has 0 bridgehead atoms. The van der Waals surface area contributed by atoms with Crippen molar-refractivity contribution in [1.29, 1.82) is 0 Å². The van der Waals surface area contributed by atoms with Crippen molar-refractivity contribution in [2.75, 3.05) is 0 Å². The number of nitrogens with zero attached hydrogens (tertiary/aromatic N) is 3. The maximum atomic E-state index is 5.75. The summed E-state index contributed by atoms with van der Waals surface area (Å²) in [6, 6.07) is 7.20. The molecule has 0 saturated heterocycles. The van der Waals surface area contributed by atoms with Crippen LogP contribution in [0.2, 0.25) is 10.2 Å². The van der Waals surface area contributed by atoms with Crippen molar-refractivity contribution in [2.24, 2.45) is 0 Å². The van der Waals surface area contributed by atoms with E-state index >= 15 is 0 Å². The number of benzene rings is 1. The van der Waals surface area contributed by atoms with Gasteiger partial charge in [-0.25, -0.2) is 4.98 Å². The van der Waals surface area contributed by atoms with Gasteiger partial charge >= 0.3 is 0 Å². The first-order chi connectivity index (χ1) is 6.75. The van der Waals surface area contributed by atoms with E-state index in [1.54, 1.807) is 12.1 Å². The molecule has 0 fully saturated rings. The molecule has 0 N–H and O–H groups in total. The predicted octanol–water partition coefficient (Wildman–Crippen LogP) is 2.85. The Morgan fingerprint density at radius 3 is 2.21 bits per heavy atom. The van der Waals surface area contributed by atoms with Crippen LogP contribution in [0.1, 0.15) is 0 Å². The molecule has 0 spiro atoms. The van der Waals surface area contributed by atoms with E-state index in [2.05, 4.69) is 15.2 Å². The molecular weight excluding hydrogens is 221 g/mol. The average Bonchev–Trinajstić information content (AvgIpc) is 2.21. The summed E-state index contributed by atoms with van der Waals surface area (Å²) in [4.78, 5) is 4.03. The van der Waals surface area contributed by atoms with Gasteiger partial charge in [-0.05, 0) is 24.3 Å². The number of aromatic nitrogens is 3. The third kappa shape index (κ3) is 2.00. The van der Waals surface area contributed by atoms with Gasteiger partial charge in [0.05, 0.1) is 6.20 Å². The van der Waals surface area contributed by atoms with Gasteiger partial charge in [0.1, 0.15) is 0 Å². The average molecular weight is 226 g/mol. The van der Waals surface area contributed by atoms with E-state index in [0.29, 0.717) is 10.8 Å². The number of halogens is 2. The smallest absolute Gasteiger partial charge is 0.181 e. The van der Waals surface area contributed by atoms with Crippen molar-refractivity contribution < 1.29 is 0 Å². The first kappa shape index (κ1) is 9.37. The SMILES string of the molecule is Clc1ccc(-c2ncc(Cl)nn2)cc1. The lowest BCUT2D eigenvalue weighted by Crippen LogP contribution is -1.91. The van der Waals surface area contributed by atoms with E-state index in [9.17, 15) is 0 Å². The Hall–Kier alpha value is -1.19. The lowest BCUT2D eigenvalue weighted by molar-refractivity contribution is 0.980. The van der Waals surface area contributed by atoms with Crippen LogP contribution in [0.3, 0.4) is 0 Å². The fraction of sp³-hybridized carbons (Fsp3) is 0. The Morgan fingerprint density at radius 2 is 1.64 bits per heavy atom. The van der Waals surface area contributed by atoms with Crippen molar-refractivity contribution in [3.63, 3.8) is 0 Å². The zero-order valence-corrected chi connectivity index (χ0v) is 8.50. The van der Waals surface area contributed by atoms with Crippen LogP contribution >= 0.6 is 23.2 Å². The van der Waals surface area contributed by atoms with Crippen LogP contribution in [0, 0.1) is 0 Å². The van der Waals surface area contributed by atoms with Crippen LogP contribution in [-0.4, -0.2) is 15.2 Å².